The van der Waals surface area contributed by atoms with Crippen LogP contribution in [0, 0.1) is 0 Å². The van der Waals surface area contributed by atoms with Crippen molar-refractivity contribution in [1.82, 2.24) is 0 Å². The standard InChI is InChI=1S/C11H12BrNO5/c1-17-9-3-2-7(4-8(9)12)13-10(14)5-18-6-11(15)16/h2-4H,5-6H2,1H3,(H,13,14)(H,15,16). The molecule has 6 nitrogen and oxygen atoms in total. The maximum atomic E-state index is 11.4. The number of aliphatic carboxylic acids is 1. The lowest BCUT2D eigenvalue weighted by Gasteiger charge is -2.08. The van der Waals surface area contributed by atoms with Gasteiger partial charge in [-0.3, -0.25) is 4.79 Å². The molecule has 0 heterocycles. The van der Waals surface area contributed by atoms with Gasteiger partial charge in [0.1, 0.15) is 19.0 Å². The molecule has 1 aromatic rings. The molecular weight excluding hydrogens is 306 g/mol. The van der Waals surface area contributed by atoms with Gasteiger partial charge < -0.3 is 19.9 Å². The second kappa shape index (κ2) is 6.97. The Morgan fingerprint density at radius 3 is 2.67 bits per heavy atom. The molecule has 2 N–H and O–H groups in total. The quantitative estimate of drug-likeness (QED) is 0.830. The van der Waals surface area contributed by atoms with E-state index in [0.29, 0.717) is 15.9 Å². The third-order valence-electron chi connectivity index (χ3n) is 1.89. The molecule has 0 bridgehead atoms. The van der Waals surface area contributed by atoms with Crippen LogP contribution in [0.25, 0.3) is 0 Å². The highest BCUT2D eigenvalue weighted by molar-refractivity contribution is 9.10. The summed E-state index contributed by atoms with van der Waals surface area (Å²) in [4.78, 5) is 21.6. The fourth-order valence-corrected chi connectivity index (χ4v) is 1.71. The maximum absolute atomic E-state index is 11.4. The molecule has 0 aliphatic rings. The summed E-state index contributed by atoms with van der Waals surface area (Å²) in [7, 11) is 1.54. The number of carbonyl (C=O) groups excluding carboxylic acids is 1. The van der Waals surface area contributed by atoms with Crippen LogP contribution in [0.15, 0.2) is 22.7 Å². The van der Waals surface area contributed by atoms with Crippen LogP contribution in [0.5, 0.6) is 5.75 Å². The molecule has 0 saturated carbocycles. The molecule has 0 atom stereocenters. The molecule has 7 heteroatoms. The number of rotatable bonds is 6. The highest BCUT2D eigenvalue weighted by atomic mass is 79.9. The molecule has 1 rings (SSSR count). The minimum Gasteiger partial charge on any atom is -0.496 e. The highest BCUT2D eigenvalue weighted by Crippen LogP contribution is 2.27. The summed E-state index contributed by atoms with van der Waals surface area (Å²) >= 11 is 3.28. The van der Waals surface area contributed by atoms with E-state index < -0.39 is 18.5 Å². The van der Waals surface area contributed by atoms with Crippen LogP contribution in [0.1, 0.15) is 0 Å². The average molecular weight is 318 g/mol. The molecule has 0 spiro atoms. The van der Waals surface area contributed by atoms with Crippen LogP contribution in [0.3, 0.4) is 0 Å². The minimum atomic E-state index is -1.12. The molecule has 98 valence electrons. The molecule has 0 aliphatic heterocycles. The Balaban J connectivity index is 2.49. The first-order valence-corrected chi connectivity index (χ1v) is 5.75. The molecule has 0 aliphatic carbocycles. The normalized spacial score (nSPS) is 9.89. The number of anilines is 1. The number of halogens is 1. The predicted octanol–water partition coefficient (Wildman–Crippen LogP) is 1.50. The Labute approximate surface area is 112 Å². The van der Waals surface area contributed by atoms with Crippen molar-refractivity contribution < 1.29 is 24.2 Å². The van der Waals surface area contributed by atoms with Crippen molar-refractivity contribution in [3.05, 3.63) is 22.7 Å². The lowest BCUT2D eigenvalue weighted by atomic mass is 10.3. The SMILES string of the molecule is COc1ccc(NC(=O)COCC(=O)O)cc1Br. The van der Waals surface area contributed by atoms with E-state index in [1.807, 2.05) is 0 Å². The number of carbonyl (C=O) groups is 2. The van der Waals surface area contributed by atoms with Gasteiger partial charge in [0.25, 0.3) is 0 Å². The van der Waals surface area contributed by atoms with E-state index in [4.69, 9.17) is 9.84 Å². The Hall–Kier alpha value is -1.60. The summed E-state index contributed by atoms with van der Waals surface area (Å²) in [6.45, 7) is -0.810. The minimum absolute atomic E-state index is 0.310. The molecule has 1 amide bonds. The number of amides is 1. The van der Waals surface area contributed by atoms with Gasteiger partial charge in [0.05, 0.1) is 11.6 Å². The molecule has 0 fully saturated rings. The van der Waals surface area contributed by atoms with Crippen LogP contribution >= 0.6 is 15.9 Å². The van der Waals surface area contributed by atoms with Crippen molar-refractivity contribution in [2.24, 2.45) is 0 Å². The summed E-state index contributed by atoms with van der Waals surface area (Å²) in [6.07, 6.45) is 0. The summed E-state index contributed by atoms with van der Waals surface area (Å²) in [5.41, 5.74) is 0.562. The highest BCUT2D eigenvalue weighted by Gasteiger charge is 2.06. The van der Waals surface area contributed by atoms with Crippen LogP contribution in [-0.2, 0) is 14.3 Å². The van der Waals surface area contributed by atoms with Crippen LogP contribution in [0.4, 0.5) is 5.69 Å². The average Bonchev–Trinajstić information content (AvgIpc) is 2.28. The predicted molar refractivity (Wildman–Crippen MR) is 67.8 cm³/mol. The number of nitrogens with one attached hydrogen (secondary N) is 1. The van der Waals surface area contributed by atoms with E-state index in [0.717, 1.165) is 0 Å². The van der Waals surface area contributed by atoms with Crippen molar-refractivity contribution in [1.29, 1.82) is 0 Å². The van der Waals surface area contributed by atoms with Gasteiger partial charge in [-0.1, -0.05) is 0 Å². The van der Waals surface area contributed by atoms with Crippen LogP contribution in [-0.4, -0.2) is 37.3 Å². The van der Waals surface area contributed by atoms with Gasteiger partial charge in [0, 0.05) is 5.69 Å². The summed E-state index contributed by atoms with van der Waals surface area (Å²) in [5, 5.41) is 10.9. The first-order chi connectivity index (χ1) is 8.52. The monoisotopic (exact) mass is 317 g/mol. The third kappa shape index (κ3) is 4.72. The van der Waals surface area contributed by atoms with Crippen molar-refractivity contribution in [2.75, 3.05) is 25.6 Å². The maximum Gasteiger partial charge on any atom is 0.329 e. The van der Waals surface area contributed by atoms with Gasteiger partial charge in [-0.2, -0.15) is 0 Å². The first-order valence-electron chi connectivity index (χ1n) is 4.96. The molecule has 0 radical (unpaired) electrons. The van der Waals surface area contributed by atoms with Gasteiger partial charge in [0.2, 0.25) is 5.91 Å². The van der Waals surface area contributed by atoms with Crippen molar-refractivity contribution in [3.63, 3.8) is 0 Å². The second-order valence-electron chi connectivity index (χ2n) is 3.28. The first kappa shape index (κ1) is 14.5. The zero-order valence-corrected chi connectivity index (χ0v) is 11.2. The van der Waals surface area contributed by atoms with E-state index in [-0.39, 0.29) is 6.61 Å². The molecule has 0 unspecified atom stereocenters. The number of carboxylic acid groups (broad SMARTS) is 1. The second-order valence-corrected chi connectivity index (χ2v) is 4.14. The van der Waals surface area contributed by atoms with E-state index in [1.165, 1.54) is 7.11 Å². The number of benzene rings is 1. The van der Waals surface area contributed by atoms with Crippen LogP contribution < -0.4 is 10.1 Å². The number of carboxylic acids is 1. The topological polar surface area (TPSA) is 84.9 Å². The lowest BCUT2D eigenvalue weighted by molar-refractivity contribution is -0.143. The smallest absolute Gasteiger partial charge is 0.329 e. The molecule has 1 aromatic carbocycles. The summed E-state index contributed by atoms with van der Waals surface area (Å²) in [5.74, 6) is -0.890. The van der Waals surface area contributed by atoms with Crippen molar-refractivity contribution >= 4 is 33.5 Å². The van der Waals surface area contributed by atoms with E-state index >= 15 is 0 Å². The fourth-order valence-electron chi connectivity index (χ4n) is 1.17. The van der Waals surface area contributed by atoms with E-state index in [1.54, 1.807) is 18.2 Å². The van der Waals surface area contributed by atoms with Crippen molar-refractivity contribution in [3.8, 4) is 5.75 Å². The fraction of sp³-hybridized carbons (Fsp3) is 0.273. The largest absolute Gasteiger partial charge is 0.496 e. The van der Waals surface area contributed by atoms with Gasteiger partial charge in [0.15, 0.2) is 0 Å². The third-order valence-corrected chi connectivity index (χ3v) is 2.51. The summed E-state index contributed by atoms with van der Waals surface area (Å²) in [6, 6.07) is 5.03. The Bertz CT molecular complexity index is 449. The van der Waals surface area contributed by atoms with Gasteiger partial charge >= 0.3 is 5.97 Å². The van der Waals surface area contributed by atoms with Crippen molar-refractivity contribution in [2.45, 2.75) is 0 Å². The number of methoxy groups -OCH3 is 1. The Morgan fingerprint density at radius 1 is 1.39 bits per heavy atom. The van der Waals surface area contributed by atoms with Gasteiger partial charge in [-0.15, -0.1) is 0 Å². The summed E-state index contributed by atoms with van der Waals surface area (Å²) < 4.78 is 10.4. The molecule has 18 heavy (non-hydrogen) atoms. The van der Waals surface area contributed by atoms with Gasteiger partial charge in [-0.05, 0) is 34.1 Å². The van der Waals surface area contributed by atoms with Gasteiger partial charge in [-0.25, -0.2) is 4.79 Å². The van der Waals surface area contributed by atoms with E-state index in [9.17, 15) is 9.59 Å². The van der Waals surface area contributed by atoms with Crippen LogP contribution in [0.2, 0.25) is 0 Å². The molecule has 0 aromatic heterocycles. The number of hydrogen-bond donors (Lipinski definition) is 2. The number of ether oxygens (including phenoxy) is 2. The molecular formula is C11H12BrNO5. The van der Waals surface area contributed by atoms with E-state index in [2.05, 4.69) is 26.0 Å². The zero-order chi connectivity index (χ0) is 13.5. The Morgan fingerprint density at radius 2 is 2.11 bits per heavy atom. The molecule has 0 saturated heterocycles. The number of hydrogen-bond acceptors (Lipinski definition) is 4. The zero-order valence-electron chi connectivity index (χ0n) is 9.60. The lowest BCUT2D eigenvalue weighted by Crippen LogP contribution is -2.20. The Kier molecular flexibility index (Phi) is 5.60.